The van der Waals surface area contributed by atoms with Gasteiger partial charge in [0.25, 0.3) is 0 Å². The lowest BCUT2D eigenvalue weighted by molar-refractivity contribution is 0.0862. The molecule has 3 saturated carbocycles. The van der Waals surface area contributed by atoms with Crippen LogP contribution in [0.5, 0.6) is 0 Å². The van der Waals surface area contributed by atoms with E-state index >= 15 is 0 Å². The van der Waals surface area contributed by atoms with Crippen molar-refractivity contribution in [3.05, 3.63) is 35.5 Å². The van der Waals surface area contributed by atoms with Crippen LogP contribution in [-0.4, -0.2) is 22.4 Å². The molecule has 2 nitrogen and oxygen atoms in total. The SMILES string of the molecule is C=C1/C(=C/C=C2\CCC[C@@]3(C)C2CC[C@@H]3C)CC(O)CC1O. The van der Waals surface area contributed by atoms with E-state index in [-0.39, 0.29) is 0 Å². The lowest BCUT2D eigenvalue weighted by atomic mass is 9.64. The lowest BCUT2D eigenvalue weighted by Gasteiger charge is -2.41. The number of hydrogen-bond acceptors (Lipinski definition) is 2. The molecule has 0 spiro atoms. The van der Waals surface area contributed by atoms with Crippen LogP contribution >= 0.6 is 0 Å². The van der Waals surface area contributed by atoms with Gasteiger partial charge in [-0.3, -0.25) is 0 Å². The first-order valence-corrected chi connectivity index (χ1v) is 8.86. The highest BCUT2D eigenvalue weighted by molar-refractivity contribution is 5.38. The fourth-order valence-corrected chi connectivity index (χ4v) is 4.96. The average Bonchev–Trinajstić information content (AvgIpc) is 2.77. The first kappa shape index (κ1) is 16.0. The van der Waals surface area contributed by atoms with Crippen LogP contribution < -0.4 is 0 Å². The Morgan fingerprint density at radius 2 is 2.00 bits per heavy atom. The molecule has 0 amide bonds. The summed E-state index contributed by atoms with van der Waals surface area (Å²) in [6.45, 7) is 8.90. The van der Waals surface area contributed by atoms with Crippen LogP contribution in [0.2, 0.25) is 0 Å². The highest BCUT2D eigenvalue weighted by atomic mass is 16.3. The van der Waals surface area contributed by atoms with E-state index in [1.807, 2.05) is 0 Å². The average molecular weight is 302 g/mol. The van der Waals surface area contributed by atoms with Gasteiger partial charge >= 0.3 is 0 Å². The molecule has 0 aromatic rings. The summed E-state index contributed by atoms with van der Waals surface area (Å²) >= 11 is 0. The van der Waals surface area contributed by atoms with Crippen molar-refractivity contribution in [1.29, 1.82) is 0 Å². The molecule has 0 saturated heterocycles. The maximum atomic E-state index is 9.96. The third-order valence-corrected chi connectivity index (χ3v) is 6.70. The lowest BCUT2D eigenvalue weighted by Crippen LogP contribution is -2.32. The summed E-state index contributed by atoms with van der Waals surface area (Å²) in [7, 11) is 0. The Morgan fingerprint density at radius 1 is 1.23 bits per heavy atom. The molecule has 22 heavy (non-hydrogen) atoms. The molecule has 2 N–H and O–H groups in total. The van der Waals surface area contributed by atoms with Crippen molar-refractivity contribution in [3.63, 3.8) is 0 Å². The van der Waals surface area contributed by atoms with Gasteiger partial charge in [0.1, 0.15) is 0 Å². The molecular weight excluding hydrogens is 272 g/mol. The second-order valence-corrected chi connectivity index (χ2v) is 7.96. The summed E-state index contributed by atoms with van der Waals surface area (Å²) in [6.07, 6.45) is 10.9. The summed E-state index contributed by atoms with van der Waals surface area (Å²) in [5.41, 5.74) is 3.87. The van der Waals surface area contributed by atoms with Crippen molar-refractivity contribution in [2.75, 3.05) is 0 Å². The van der Waals surface area contributed by atoms with Crippen LogP contribution in [0.4, 0.5) is 0 Å². The van der Waals surface area contributed by atoms with E-state index < -0.39 is 12.2 Å². The van der Waals surface area contributed by atoms with E-state index in [2.05, 4.69) is 32.6 Å². The molecule has 3 rings (SSSR count). The van der Waals surface area contributed by atoms with Gasteiger partial charge in [-0.15, -0.1) is 0 Å². The normalized spacial score (nSPS) is 46.3. The van der Waals surface area contributed by atoms with Gasteiger partial charge in [-0.1, -0.05) is 38.2 Å². The number of allylic oxidation sites excluding steroid dienone is 3. The van der Waals surface area contributed by atoms with Crippen molar-refractivity contribution in [1.82, 2.24) is 0 Å². The number of hydrogen-bond donors (Lipinski definition) is 2. The Balaban J connectivity index is 1.82. The molecular formula is C20H30O2. The van der Waals surface area contributed by atoms with Gasteiger partial charge < -0.3 is 10.2 Å². The van der Waals surface area contributed by atoms with Crippen LogP contribution in [0.25, 0.3) is 0 Å². The highest BCUT2D eigenvalue weighted by Crippen LogP contribution is 2.57. The number of rotatable bonds is 1. The third kappa shape index (κ3) is 2.72. The molecule has 3 fully saturated rings. The number of aliphatic hydroxyl groups excluding tert-OH is 2. The largest absolute Gasteiger partial charge is 0.393 e. The minimum absolute atomic E-state index is 0.422. The Labute approximate surface area is 134 Å². The highest BCUT2D eigenvalue weighted by Gasteiger charge is 2.46. The maximum absolute atomic E-state index is 9.96. The predicted octanol–water partition coefficient (Wildman–Crippen LogP) is 4.15. The van der Waals surface area contributed by atoms with Gasteiger partial charge in [-0.2, -0.15) is 0 Å². The van der Waals surface area contributed by atoms with Crippen molar-refractivity contribution in [3.8, 4) is 0 Å². The third-order valence-electron chi connectivity index (χ3n) is 6.70. The summed E-state index contributed by atoms with van der Waals surface area (Å²) in [5, 5.41) is 19.8. The standard InChI is InChI=1S/C20H30O2/c1-13-6-9-18-15(5-4-10-20(13,18)3)7-8-16-11-17(21)12-19(22)14(16)2/h7-8,13,17-19,21-22H,2,4-6,9-12H2,1,3H3/b15-7+,16-8+/t13-,17?,18?,19?,20+/m0/s1. The van der Waals surface area contributed by atoms with E-state index in [4.69, 9.17) is 0 Å². The summed E-state index contributed by atoms with van der Waals surface area (Å²) in [4.78, 5) is 0. The summed E-state index contributed by atoms with van der Waals surface area (Å²) < 4.78 is 0. The molecule has 0 aliphatic heterocycles. The molecule has 122 valence electrons. The van der Waals surface area contributed by atoms with Gasteiger partial charge in [0.05, 0.1) is 12.2 Å². The first-order chi connectivity index (χ1) is 10.4. The quantitative estimate of drug-likeness (QED) is 0.764. The molecule has 0 bridgehead atoms. The molecule has 2 heteroatoms. The van der Waals surface area contributed by atoms with E-state index in [9.17, 15) is 10.2 Å². The Bertz CT molecular complexity index is 516. The molecule has 0 aromatic carbocycles. The summed E-state index contributed by atoms with van der Waals surface area (Å²) in [6, 6.07) is 0. The predicted molar refractivity (Wildman–Crippen MR) is 90.4 cm³/mol. The molecule has 0 heterocycles. The maximum Gasteiger partial charge on any atom is 0.0811 e. The zero-order chi connectivity index (χ0) is 15.9. The van der Waals surface area contributed by atoms with E-state index in [1.54, 1.807) is 5.57 Å². The first-order valence-electron chi connectivity index (χ1n) is 8.86. The van der Waals surface area contributed by atoms with Crippen molar-refractivity contribution in [2.45, 2.75) is 71.0 Å². The monoisotopic (exact) mass is 302 g/mol. The van der Waals surface area contributed by atoms with Crippen molar-refractivity contribution in [2.24, 2.45) is 17.3 Å². The molecule has 0 radical (unpaired) electrons. The molecule has 3 aliphatic carbocycles. The zero-order valence-electron chi connectivity index (χ0n) is 14.0. The second-order valence-electron chi connectivity index (χ2n) is 7.96. The van der Waals surface area contributed by atoms with Gasteiger partial charge in [-0.25, -0.2) is 0 Å². The van der Waals surface area contributed by atoms with Gasteiger partial charge in [0.2, 0.25) is 0 Å². The van der Waals surface area contributed by atoms with Crippen LogP contribution in [0.15, 0.2) is 35.5 Å². The Kier molecular flexibility index (Phi) is 4.35. The number of aliphatic hydroxyl groups is 2. The van der Waals surface area contributed by atoms with Crippen molar-refractivity contribution < 1.29 is 10.2 Å². The Hall–Kier alpha value is -0.860. The Morgan fingerprint density at radius 3 is 2.77 bits per heavy atom. The topological polar surface area (TPSA) is 40.5 Å². The number of fused-ring (bicyclic) bond motifs is 1. The second kappa shape index (κ2) is 5.98. The van der Waals surface area contributed by atoms with E-state index in [1.165, 1.54) is 32.1 Å². The van der Waals surface area contributed by atoms with Gasteiger partial charge in [0.15, 0.2) is 0 Å². The zero-order valence-corrected chi connectivity index (χ0v) is 14.0. The molecule has 5 atom stereocenters. The molecule has 0 aromatic heterocycles. The fraction of sp³-hybridized carbons (Fsp3) is 0.700. The van der Waals surface area contributed by atoms with Gasteiger partial charge in [0, 0.05) is 6.42 Å². The van der Waals surface area contributed by atoms with Gasteiger partial charge in [-0.05, 0) is 66.9 Å². The molecule has 3 unspecified atom stereocenters. The summed E-state index contributed by atoms with van der Waals surface area (Å²) in [5.74, 6) is 1.54. The van der Waals surface area contributed by atoms with E-state index in [0.29, 0.717) is 18.3 Å². The fourth-order valence-electron chi connectivity index (χ4n) is 4.96. The van der Waals surface area contributed by atoms with Crippen LogP contribution in [0.1, 0.15) is 58.8 Å². The van der Waals surface area contributed by atoms with E-state index in [0.717, 1.165) is 23.0 Å². The van der Waals surface area contributed by atoms with Crippen molar-refractivity contribution >= 4 is 0 Å². The minimum Gasteiger partial charge on any atom is -0.393 e. The minimum atomic E-state index is -0.587. The molecule has 3 aliphatic rings. The van der Waals surface area contributed by atoms with Crippen LogP contribution in [0.3, 0.4) is 0 Å². The van der Waals surface area contributed by atoms with Crippen LogP contribution in [-0.2, 0) is 0 Å². The smallest absolute Gasteiger partial charge is 0.0811 e. The van der Waals surface area contributed by atoms with Crippen LogP contribution in [0, 0.1) is 17.3 Å².